The van der Waals surface area contributed by atoms with Crippen molar-refractivity contribution in [1.82, 2.24) is 15.0 Å². The summed E-state index contributed by atoms with van der Waals surface area (Å²) in [6, 6.07) is 6.90. The molecule has 1 N–H and O–H groups in total. The zero-order chi connectivity index (χ0) is 20.1. The largest absolute Gasteiger partial charge is 0.338 e. The number of nitrogens with zero attached hydrogens (tertiary/aromatic N) is 3. The molecular formula is C20H24N4O3S. The minimum Gasteiger partial charge on any atom is -0.338 e. The van der Waals surface area contributed by atoms with E-state index >= 15 is 0 Å². The van der Waals surface area contributed by atoms with Crippen LogP contribution in [0.2, 0.25) is 0 Å². The number of carbonyl (C=O) groups is 2. The summed E-state index contributed by atoms with van der Waals surface area (Å²) in [4.78, 5) is 30.9. The molecule has 0 saturated carbocycles. The van der Waals surface area contributed by atoms with Gasteiger partial charge in [-0.1, -0.05) is 25.9 Å². The zero-order valence-corrected chi connectivity index (χ0v) is 17.3. The first-order chi connectivity index (χ1) is 13.2. The molecule has 0 aliphatic carbocycles. The minimum atomic E-state index is -0.420. The van der Waals surface area contributed by atoms with Gasteiger partial charge in [-0.25, -0.2) is 0 Å². The maximum atomic E-state index is 12.8. The number of aromatic nitrogens is 2. The summed E-state index contributed by atoms with van der Waals surface area (Å²) in [6.45, 7) is 8.09. The monoisotopic (exact) mass is 400 g/mol. The molecule has 8 heteroatoms. The van der Waals surface area contributed by atoms with Gasteiger partial charge in [0.2, 0.25) is 23.5 Å². The summed E-state index contributed by atoms with van der Waals surface area (Å²) in [7, 11) is 0. The molecule has 0 spiro atoms. The maximum absolute atomic E-state index is 12.8. The van der Waals surface area contributed by atoms with Gasteiger partial charge in [-0.05, 0) is 37.6 Å². The van der Waals surface area contributed by atoms with Crippen LogP contribution in [0.1, 0.15) is 46.4 Å². The van der Waals surface area contributed by atoms with Gasteiger partial charge in [0, 0.05) is 28.8 Å². The number of amides is 2. The topological polar surface area (TPSA) is 88.3 Å². The van der Waals surface area contributed by atoms with E-state index in [1.165, 1.54) is 0 Å². The van der Waals surface area contributed by atoms with Gasteiger partial charge in [0.05, 0.1) is 4.87 Å². The third-order valence-corrected chi connectivity index (χ3v) is 6.73. The highest BCUT2D eigenvalue weighted by Gasteiger charge is 2.52. The van der Waals surface area contributed by atoms with E-state index in [-0.39, 0.29) is 22.1 Å². The van der Waals surface area contributed by atoms with Crippen LogP contribution in [0.4, 0.5) is 5.69 Å². The SMILES string of the molecule is CC(C)(C)c1nc(-c2ccc(NC(=O)C3CSC4(C)CCC(=O)N34)cc2)no1. The minimum absolute atomic E-state index is 0.0646. The predicted octanol–water partition coefficient (Wildman–Crippen LogP) is 3.43. The highest BCUT2D eigenvalue weighted by Crippen LogP contribution is 2.47. The zero-order valence-electron chi connectivity index (χ0n) is 16.5. The van der Waals surface area contributed by atoms with E-state index in [0.29, 0.717) is 29.6 Å². The lowest BCUT2D eigenvalue weighted by Crippen LogP contribution is -2.48. The molecule has 1 aromatic carbocycles. The van der Waals surface area contributed by atoms with Crippen molar-refractivity contribution in [3.8, 4) is 11.4 Å². The van der Waals surface area contributed by atoms with Crippen LogP contribution in [0.25, 0.3) is 11.4 Å². The summed E-state index contributed by atoms with van der Waals surface area (Å²) >= 11 is 1.69. The fourth-order valence-electron chi connectivity index (χ4n) is 3.59. The quantitative estimate of drug-likeness (QED) is 0.849. The molecule has 7 nitrogen and oxygen atoms in total. The number of carbonyl (C=O) groups excluding carboxylic acids is 2. The van der Waals surface area contributed by atoms with Gasteiger partial charge >= 0.3 is 0 Å². The van der Waals surface area contributed by atoms with Gasteiger partial charge in [0.1, 0.15) is 6.04 Å². The predicted molar refractivity (Wildman–Crippen MR) is 108 cm³/mol. The molecule has 2 unspecified atom stereocenters. The van der Waals surface area contributed by atoms with E-state index < -0.39 is 6.04 Å². The standard InChI is InChI=1S/C20H24N4O3S/c1-19(2,3)18-22-16(23-27-18)12-5-7-13(8-6-12)21-17(26)14-11-28-20(4)10-9-15(25)24(14)20/h5-8,14H,9-11H2,1-4H3,(H,21,26). The molecule has 2 amide bonds. The first-order valence-electron chi connectivity index (χ1n) is 9.39. The van der Waals surface area contributed by atoms with Crippen molar-refractivity contribution in [3.63, 3.8) is 0 Å². The number of hydrogen-bond donors (Lipinski definition) is 1. The average molecular weight is 401 g/mol. The van der Waals surface area contributed by atoms with Crippen LogP contribution in [0.15, 0.2) is 28.8 Å². The van der Waals surface area contributed by atoms with Crippen molar-refractivity contribution in [2.24, 2.45) is 0 Å². The Morgan fingerprint density at radius 2 is 2.04 bits per heavy atom. The normalized spacial score (nSPS) is 24.5. The Hall–Kier alpha value is -2.35. The van der Waals surface area contributed by atoms with Crippen LogP contribution < -0.4 is 5.32 Å². The molecule has 2 aliphatic heterocycles. The molecule has 28 heavy (non-hydrogen) atoms. The second-order valence-electron chi connectivity index (χ2n) is 8.51. The Bertz CT molecular complexity index is 918. The number of rotatable bonds is 3. The van der Waals surface area contributed by atoms with Crippen molar-refractivity contribution >= 4 is 29.3 Å². The van der Waals surface area contributed by atoms with Gasteiger partial charge in [-0.15, -0.1) is 11.8 Å². The van der Waals surface area contributed by atoms with Crippen LogP contribution in [-0.2, 0) is 15.0 Å². The molecule has 4 rings (SSSR count). The van der Waals surface area contributed by atoms with E-state index in [2.05, 4.69) is 15.5 Å². The lowest BCUT2D eigenvalue weighted by molar-refractivity contribution is -0.135. The number of benzene rings is 1. The van der Waals surface area contributed by atoms with Crippen molar-refractivity contribution < 1.29 is 14.1 Å². The summed E-state index contributed by atoms with van der Waals surface area (Å²) in [5.41, 5.74) is 1.29. The number of fused-ring (bicyclic) bond motifs is 1. The second kappa shape index (κ2) is 6.62. The molecule has 1 aromatic heterocycles. The molecule has 2 saturated heterocycles. The maximum Gasteiger partial charge on any atom is 0.248 e. The highest BCUT2D eigenvalue weighted by atomic mass is 32.2. The van der Waals surface area contributed by atoms with E-state index in [1.807, 2.05) is 52.0 Å². The van der Waals surface area contributed by atoms with E-state index in [4.69, 9.17) is 4.52 Å². The van der Waals surface area contributed by atoms with Crippen molar-refractivity contribution in [1.29, 1.82) is 0 Å². The summed E-state index contributed by atoms with van der Waals surface area (Å²) in [5.74, 6) is 1.65. The van der Waals surface area contributed by atoms with Crippen LogP contribution in [0.5, 0.6) is 0 Å². The molecular weight excluding hydrogens is 376 g/mol. The van der Waals surface area contributed by atoms with E-state index in [1.54, 1.807) is 16.7 Å². The molecule has 2 fully saturated rings. The van der Waals surface area contributed by atoms with E-state index in [0.717, 1.165) is 12.0 Å². The smallest absolute Gasteiger partial charge is 0.248 e. The Morgan fingerprint density at radius 1 is 1.32 bits per heavy atom. The summed E-state index contributed by atoms with van der Waals surface area (Å²) < 4.78 is 5.33. The van der Waals surface area contributed by atoms with Gasteiger partial charge in [-0.3, -0.25) is 9.59 Å². The van der Waals surface area contributed by atoms with Crippen LogP contribution in [-0.4, -0.2) is 43.5 Å². The lowest BCUT2D eigenvalue weighted by atomic mass is 9.97. The molecule has 0 radical (unpaired) electrons. The lowest BCUT2D eigenvalue weighted by Gasteiger charge is -2.29. The Kier molecular flexibility index (Phi) is 4.49. The molecule has 2 aromatic rings. The van der Waals surface area contributed by atoms with E-state index in [9.17, 15) is 9.59 Å². The average Bonchev–Trinajstić information content (AvgIpc) is 3.31. The number of thioether (sulfide) groups is 1. The first-order valence-corrected chi connectivity index (χ1v) is 10.4. The van der Waals surface area contributed by atoms with Crippen molar-refractivity contribution in [2.45, 2.75) is 56.9 Å². The van der Waals surface area contributed by atoms with Gasteiger partial charge in [0.25, 0.3) is 0 Å². The molecule has 148 valence electrons. The summed E-state index contributed by atoms with van der Waals surface area (Å²) in [6.07, 6.45) is 1.32. The van der Waals surface area contributed by atoms with Crippen LogP contribution in [0, 0.1) is 0 Å². The fourth-order valence-corrected chi connectivity index (χ4v) is 5.02. The van der Waals surface area contributed by atoms with Crippen LogP contribution >= 0.6 is 11.8 Å². The summed E-state index contributed by atoms with van der Waals surface area (Å²) in [5, 5.41) is 6.97. The molecule has 2 aliphatic rings. The first kappa shape index (κ1) is 19.0. The number of nitrogens with one attached hydrogen (secondary N) is 1. The third kappa shape index (κ3) is 3.30. The molecule has 3 heterocycles. The Labute approximate surface area is 168 Å². The Morgan fingerprint density at radius 3 is 2.68 bits per heavy atom. The van der Waals surface area contributed by atoms with Gasteiger partial charge < -0.3 is 14.7 Å². The fraction of sp³-hybridized carbons (Fsp3) is 0.500. The molecule has 2 atom stereocenters. The van der Waals surface area contributed by atoms with Gasteiger partial charge in [-0.2, -0.15) is 4.98 Å². The van der Waals surface area contributed by atoms with Crippen LogP contribution in [0.3, 0.4) is 0 Å². The number of hydrogen-bond acceptors (Lipinski definition) is 6. The highest BCUT2D eigenvalue weighted by molar-refractivity contribution is 8.01. The van der Waals surface area contributed by atoms with Crippen molar-refractivity contribution in [2.75, 3.05) is 11.1 Å². The van der Waals surface area contributed by atoms with Crippen molar-refractivity contribution in [3.05, 3.63) is 30.2 Å². The molecule has 0 bridgehead atoms. The third-order valence-electron chi connectivity index (χ3n) is 5.23. The second-order valence-corrected chi connectivity index (χ2v) is 10.0. The Balaban J connectivity index is 1.46. The number of anilines is 1. The van der Waals surface area contributed by atoms with Gasteiger partial charge in [0.15, 0.2) is 0 Å².